The van der Waals surface area contributed by atoms with Crippen molar-refractivity contribution in [1.29, 1.82) is 0 Å². The molecule has 21 heavy (non-hydrogen) atoms. The normalized spacial score (nSPS) is 21.3. The van der Waals surface area contributed by atoms with Crippen LogP contribution in [0.1, 0.15) is 6.42 Å². The Bertz CT molecular complexity index is 729. The summed E-state index contributed by atoms with van der Waals surface area (Å²) in [5, 5.41) is 3.08. The van der Waals surface area contributed by atoms with Crippen LogP contribution in [0.3, 0.4) is 0 Å². The third kappa shape index (κ3) is 3.86. The number of nitrogen functional groups attached to an aromatic ring is 1. The molecule has 0 bridgehead atoms. The van der Waals surface area contributed by atoms with Gasteiger partial charge in [-0.25, -0.2) is 21.6 Å². The van der Waals surface area contributed by atoms with Gasteiger partial charge in [0, 0.05) is 6.54 Å². The Labute approximate surface area is 124 Å². The lowest BCUT2D eigenvalue weighted by atomic mass is 10.1. The highest BCUT2D eigenvalue weighted by atomic mass is 32.2. The van der Waals surface area contributed by atoms with Gasteiger partial charge in [-0.2, -0.15) is 0 Å². The van der Waals surface area contributed by atoms with Gasteiger partial charge in [0.05, 0.1) is 27.8 Å². The molecule has 1 saturated heterocycles. The van der Waals surface area contributed by atoms with Gasteiger partial charge in [-0.1, -0.05) is 0 Å². The smallest absolute Gasteiger partial charge is 0.240 e. The van der Waals surface area contributed by atoms with E-state index < -0.39 is 19.9 Å². The third-order valence-electron chi connectivity index (χ3n) is 3.51. The van der Waals surface area contributed by atoms with Gasteiger partial charge in [0.25, 0.3) is 0 Å². The quantitative estimate of drug-likeness (QED) is 0.654. The molecule has 1 unspecified atom stereocenters. The van der Waals surface area contributed by atoms with Crippen LogP contribution in [-0.2, 0) is 19.9 Å². The first-order valence-corrected chi connectivity index (χ1v) is 9.81. The van der Waals surface area contributed by atoms with E-state index in [1.165, 1.54) is 19.2 Å². The third-order valence-corrected chi connectivity index (χ3v) is 6.76. The first-order valence-electron chi connectivity index (χ1n) is 6.51. The Balaban J connectivity index is 2.05. The van der Waals surface area contributed by atoms with Crippen LogP contribution >= 0.6 is 0 Å². The number of benzene rings is 1. The summed E-state index contributed by atoms with van der Waals surface area (Å²) in [7, 11) is -5.09. The van der Waals surface area contributed by atoms with E-state index in [1.807, 2.05) is 0 Å². The second-order valence-corrected chi connectivity index (χ2v) is 9.22. The largest absolute Gasteiger partial charge is 0.397 e. The highest BCUT2D eigenvalue weighted by molar-refractivity contribution is 7.91. The Hall–Kier alpha value is -1.32. The van der Waals surface area contributed by atoms with Crippen molar-refractivity contribution in [2.24, 2.45) is 5.92 Å². The van der Waals surface area contributed by atoms with E-state index in [2.05, 4.69) is 10.0 Å². The molecule has 9 heteroatoms. The van der Waals surface area contributed by atoms with Gasteiger partial charge >= 0.3 is 0 Å². The van der Waals surface area contributed by atoms with Crippen LogP contribution < -0.4 is 15.8 Å². The van der Waals surface area contributed by atoms with E-state index in [9.17, 15) is 16.8 Å². The average Bonchev–Trinajstić information content (AvgIpc) is 2.77. The highest BCUT2D eigenvalue weighted by Crippen LogP contribution is 2.24. The summed E-state index contributed by atoms with van der Waals surface area (Å²) in [5.74, 6) is 0.482. The number of rotatable bonds is 5. The van der Waals surface area contributed by atoms with E-state index in [0.717, 1.165) is 0 Å². The fraction of sp³-hybridized carbons (Fsp3) is 0.500. The van der Waals surface area contributed by atoms with Crippen molar-refractivity contribution in [2.45, 2.75) is 11.3 Å². The molecule has 0 aromatic heterocycles. The summed E-state index contributed by atoms with van der Waals surface area (Å²) in [4.78, 5) is 0.0940. The molecule has 1 heterocycles. The number of nitrogens with two attached hydrogens (primary N) is 1. The molecule has 0 amide bonds. The van der Waals surface area contributed by atoms with Gasteiger partial charge in [-0.3, -0.25) is 0 Å². The zero-order valence-electron chi connectivity index (χ0n) is 11.7. The summed E-state index contributed by atoms with van der Waals surface area (Å²) in [6.45, 7) is 0.502. The average molecular weight is 333 g/mol. The Morgan fingerprint density at radius 3 is 2.62 bits per heavy atom. The molecule has 0 saturated carbocycles. The summed E-state index contributed by atoms with van der Waals surface area (Å²) < 4.78 is 48.3. The predicted octanol–water partition coefficient (Wildman–Crippen LogP) is 0.0235. The van der Waals surface area contributed by atoms with Crippen LogP contribution in [0.4, 0.5) is 11.4 Å². The lowest BCUT2D eigenvalue weighted by Crippen LogP contribution is -2.19. The molecule has 1 aromatic carbocycles. The summed E-state index contributed by atoms with van der Waals surface area (Å²) >= 11 is 0. The first kappa shape index (κ1) is 16.1. The molecule has 1 aliphatic heterocycles. The van der Waals surface area contributed by atoms with Crippen LogP contribution in [0.25, 0.3) is 0 Å². The number of sulfone groups is 1. The van der Waals surface area contributed by atoms with Crippen LogP contribution in [0.15, 0.2) is 23.1 Å². The Morgan fingerprint density at radius 2 is 2.10 bits per heavy atom. The van der Waals surface area contributed by atoms with E-state index >= 15 is 0 Å². The molecule has 1 fully saturated rings. The van der Waals surface area contributed by atoms with Crippen LogP contribution in [0, 0.1) is 5.92 Å². The molecule has 1 atom stereocenters. The second-order valence-electron chi connectivity index (χ2n) is 5.11. The van der Waals surface area contributed by atoms with Gasteiger partial charge in [0.1, 0.15) is 0 Å². The summed E-state index contributed by atoms with van der Waals surface area (Å²) in [6, 6.07) is 4.42. The topological polar surface area (TPSA) is 118 Å². The number of nitrogens with one attached hydrogen (secondary N) is 2. The second kappa shape index (κ2) is 5.82. The zero-order chi connectivity index (χ0) is 15.7. The number of hydrogen-bond donors (Lipinski definition) is 3. The van der Waals surface area contributed by atoms with Crippen molar-refractivity contribution in [3.63, 3.8) is 0 Å². The fourth-order valence-corrected chi connectivity index (χ4v) is 4.90. The zero-order valence-corrected chi connectivity index (χ0v) is 13.3. The molecule has 2 rings (SSSR count). The maximum Gasteiger partial charge on any atom is 0.240 e. The molecule has 4 N–H and O–H groups in total. The van der Waals surface area contributed by atoms with Crippen LogP contribution in [-0.4, -0.2) is 41.9 Å². The standard InChI is InChI=1S/C12H19N3O4S2/c1-14-21(18,19)10-2-3-12(11(13)6-10)15-7-9-4-5-20(16,17)8-9/h2-3,6,9,14-15H,4-5,7-8,13H2,1H3. The van der Waals surface area contributed by atoms with E-state index in [4.69, 9.17) is 5.73 Å². The number of anilines is 2. The summed E-state index contributed by atoms with van der Waals surface area (Å²) in [6.07, 6.45) is 0.640. The number of hydrogen-bond acceptors (Lipinski definition) is 6. The lowest BCUT2D eigenvalue weighted by molar-refractivity contribution is 0.588. The van der Waals surface area contributed by atoms with Crippen molar-refractivity contribution in [3.8, 4) is 0 Å². The molecular formula is C12H19N3O4S2. The van der Waals surface area contributed by atoms with Crippen molar-refractivity contribution >= 4 is 31.2 Å². The minimum atomic E-state index is -3.52. The van der Waals surface area contributed by atoms with Gasteiger partial charge in [-0.15, -0.1) is 0 Å². The maximum atomic E-state index is 11.6. The van der Waals surface area contributed by atoms with E-state index in [-0.39, 0.29) is 22.3 Å². The summed E-state index contributed by atoms with van der Waals surface area (Å²) in [5.41, 5.74) is 6.76. The molecular weight excluding hydrogens is 314 g/mol. The van der Waals surface area contributed by atoms with Gasteiger partial charge in [-0.05, 0) is 37.6 Å². The molecule has 118 valence electrons. The molecule has 0 radical (unpaired) electrons. The number of sulfonamides is 1. The predicted molar refractivity (Wildman–Crippen MR) is 82.4 cm³/mol. The van der Waals surface area contributed by atoms with Crippen molar-refractivity contribution in [1.82, 2.24) is 4.72 Å². The molecule has 7 nitrogen and oxygen atoms in total. The Morgan fingerprint density at radius 1 is 1.38 bits per heavy atom. The van der Waals surface area contributed by atoms with Crippen molar-refractivity contribution in [3.05, 3.63) is 18.2 Å². The fourth-order valence-electron chi connectivity index (χ4n) is 2.27. The SMILES string of the molecule is CNS(=O)(=O)c1ccc(NCC2CCS(=O)(=O)C2)c(N)c1. The van der Waals surface area contributed by atoms with Crippen molar-refractivity contribution in [2.75, 3.05) is 36.1 Å². The monoisotopic (exact) mass is 333 g/mol. The maximum absolute atomic E-state index is 11.6. The minimum absolute atomic E-state index is 0.0649. The van der Waals surface area contributed by atoms with Crippen LogP contribution in [0.5, 0.6) is 0 Å². The van der Waals surface area contributed by atoms with E-state index in [1.54, 1.807) is 6.07 Å². The van der Waals surface area contributed by atoms with Gasteiger partial charge < -0.3 is 11.1 Å². The minimum Gasteiger partial charge on any atom is -0.397 e. The van der Waals surface area contributed by atoms with Crippen LogP contribution in [0.2, 0.25) is 0 Å². The lowest BCUT2D eigenvalue weighted by Gasteiger charge is -2.13. The van der Waals surface area contributed by atoms with Gasteiger partial charge in [0.2, 0.25) is 10.0 Å². The van der Waals surface area contributed by atoms with Gasteiger partial charge in [0.15, 0.2) is 9.84 Å². The molecule has 0 aliphatic carbocycles. The molecule has 1 aromatic rings. The molecule has 0 spiro atoms. The molecule has 1 aliphatic rings. The highest BCUT2D eigenvalue weighted by Gasteiger charge is 2.27. The Kier molecular flexibility index (Phi) is 4.45. The van der Waals surface area contributed by atoms with E-state index in [0.29, 0.717) is 24.3 Å². The first-order chi connectivity index (χ1) is 9.73. The van der Waals surface area contributed by atoms with Crippen molar-refractivity contribution < 1.29 is 16.8 Å².